The molecule has 3 heterocycles. The van der Waals surface area contributed by atoms with Crippen molar-refractivity contribution in [3.8, 4) is 45.3 Å². The summed E-state index contributed by atoms with van der Waals surface area (Å²) in [6, 6.07) is 49.6. The molecule has 0 unspecified atom stereocenters. The van der Waals surface area contributed by atoms with E-state index >= 15 is 0 Å². The minimum absolute atomic E-state index is 0.578. The predicted octanol–water partition coefficient (Wildman–Crippen LogP) is 10.1. The number of rotatable bonds is 4. The Balaban J connectivity index is 1.32. The Labute approximate surface area is 258 Å². The van der Waals surface area contributed by atoms with Crippen molar-refractivity contribution in [1.82, 2.24) is 19.9 Å². The third kappa shape index (κ3) is 4.33. The lowest BCUT2D eigenvalue weighted by Gasteiger charge is -2.12. The molecule has 0 saturated carbocycles. The second kappa shape index (κ2) is 10.2. The van der Waals surface area contributed by atoms with Gasteiger partial charge in [-0.1, -0.05) is 115 Å². The lowest BCUT2D eigenvalue weighted by Crippen LogP contribution is -2.00. The van der Waals surface area contributed by atoms with Gasteiger partial charge in [-0.05, 0) is 52.2 Å². The van der Waals surface area contributed by atoms with Crippen LogP contribution in [0, 0.1) is 0 Å². The lowest BCUT2D eigenvalue weighted by molar-refractivity contribution is 0.656. The highest BCUT2D eigenvalue weighted by molar-refractivity contribution is 6.13. The minimum Gasteiger partial charge on any atom is -0.438 e. The molecule has 0 radical (unpaired) electrons. The van der Waals surface area contributed by atoms with Crippen LogP contribution in [0.3, 0.4) is 0 Å². The van der Waals surface area contributed by atoms with E-state index in [0.29, 0.717) is 23.2 Å². The van der Waals surface area contributed by atoms with Crippen LogP contribution < -0.4 is 0 Å². The molecule has 0 N–H and O–H groups in total. The van der Waals surface area contributed by atoms with E-state index in [9.17, 15) is 0 Å². The largest absolute Gasteiger partial charge is 0.438 e. The number of hydrogen-bond acceptors (Lipinski definition) is 5. The molecule has 0 atom stereocenters. The highest BCUT2D eigenvalue weighted by atomic mass is 16.3. The summed E-state index contributed by atoms with van der Waals surface area (Å²) in [5.41, 5.74) is 7.21. The van der Waals surface area contributed by atoms with E-state index in [4.69, 9.17) is 24.4 Å². The number of para-hydroxylation sites is 1. The van der Waals surface area contributed by atoms with Crippen LogP contribution in [0.2, 0.25) is 0 Å². The summed E-state index contributed by atoms with van der Waals surface area (Å²) < 4.78 is 6.28. The molecule has 0 aliphatic rings. The van der Waals surface area contributed by atoms with Crippen LogP contribution >= 0.6 is 0 Å². The van der Waals surface area contributed by atoms with Crippen LogP contribution in [-0.4, -0.2) is 19.9 Å². The number of hydrogen-bond donors (Lipinski definition) is 0. The van der Waals surface area contributed by atoms with Crippen molar-refractivity contribution in [2.75, 3.05) is 0 Å². The van der Waals surface area contributed by atoms with Crippen LogP contribution in [0.4, 0.5) is 0 Å². The average molecular weight is 577 g/mol. The highest BCUT2D eigenvalue weighted by Gasteiger charge is 2.19. The molecule has 0 saturated heterocycles. The summed E-state index contributed by atoms with van der Waals surface area (Å²) >= 11 is 0. The highest BCUT2D eigenvalue weighted by Crippen LogP contribution is 2.38. The topological polar surface area (TPSA) is 64.7 Å². The Morgan fingerprint density at radius 1 is 0.400 bits per heavy atom. The van der Waals surface area contributed by atoms with E-state index < -0.39 is 0 Å². The quantitative estimate of drug-likeness (QED) is 0.209. The smallest absolute Gasteiger partial charge is 0.227 e. The summed E-state index contributed by atoms with van der Waals surface area (Å²) in [5, 5.41) is 5.22. The minimum atomic E-state index is 0.578. The average Bonchev–Trinajstić information content (AvgIpc) is 3.48. The Kier molecular flexibility index (Phi) is 5.74. The van der Waals surface area contributed by atoms with Gasteiger partial charge >= 0.3 is 0 Å². The van der Waals surface area contributed by atoms with Gasteiger partial charge in [-0.2, -0.15) is 0 Å². The standard InChI is InChI=1S/C40H24N4O/c1-3-12-25(13-4-1)32-24-29(22-27-16-7-9-18-30(27)32)38-42-37(26-14-5-2-6-15-26)43-39(44-38)31-19-11-21-35-36(31)33-23-28-17-8-10-20-34(28)41-40(33)45-35/h1-24H. The van der Waals surface area contributed by atoms with Crippen LogP contribution in [0.5, 0.6) is 0 Å². The summed E-state index contributed by atoms with van der Waals surface area (Å²) in [5.74, 6) is 1.79. The molecule has 6 aromatic carbocycles. The fourth-order valence-corrected chi connectivity index (χ4v) is 6.18. The first-order valence-electron chi connectivity index (χ1n) is 14.9. The fourth-order valence-electron chi connectivity index (χ4n) is 6.18. The van der Waals surface area contributed by atoms with E-state index in [0.717, 1.165) is 60.5 Å². The number of nitrogens with zero attached hydrogens (tertiary/aromatic N) is 4. The zero-order valence-corrected chi connectivity index (χ0v) is 24.1. The van der Waals surface area contributed by atoms with Crippen molar-refractivity contribution in [3.05, 3.63) is 146 Å². The third-order valence-corrected chi connectivity index (χ3v) is 8.30. The Morgan fingerprint density at radius 2 is 1.07 bits per heavy atom. The van der Waals surface area contributed by atoms with Gasteiger partial charge in [-0.15, -0.1) is 0 Å². The van der Waals surface area contributed by atoms with Gasteiger partial charge in [0.05, 0.1) is 5.52 Å². The zero-order valence-electron chi connectivity index (χ0n) is 24.1. The van der Waals surface area contributed by atoms with Crippen molar-refractivity contribution in [2.45, 2.75) is 0 Å². The van der Waals surface area contributed by atoms with Gasteiger partial charge in [-0.25, -0.2) is 19.9 Å². The van der Waals surface area contributed by atoms with Gasteiger partial charge in [0.2, 0.25) is 5.71 Å². The number of aromatic nitrogens is 4. The number of fused-ring (bicyclic) bond motifs is 5. The first-order chi connectivity index (χ1) is 22.3. The Hall–Kier alpha value is -6.20. The first kappa shape index (κ1) is 25.3. The molecule has 0 fully saturated rings. The van der Waals surface area contributed by atoms with Crippen LogP contribution in [-0.2, 0) is 0 Å². The van der Waals surface area contributed by atoms with Gasteiger partial charge in [-0.3, -0.25) is 0 Å². The summed E-state index contributed by atoms with van der Waals surface area (Å²) in [7, 11) is 0. The van der Waals surface area contributed by atoms with Crippen molar-refractivity contribution in [1.29, 1.82) is 0 Å². The molecular formula is C40H24N4O. The van der Waals surface area contributed by atoms with Gasteiger partial charge in [0.15, 0.2) is 17.5 Å². The van der Waals surface area contributed by atoms with Gasteiger partial charge < -0.3 is 4.42 Å². The van der Waals surface area contributed by atoms with Crippen LogP contribution in [0.15, 0.2) is 150 Å². The van der Waals surface area contributed by atoms with E-state index in [1.54, 1.807) is 0 Å². The van der Waals surface area contributed by atoms with E-state index in [2.05, 4.69) is 78.9 Å². The molecule has 0 aliphatic carbocycles. The van der Waals surface area contributed by atoms with Crippen LogP contribution in [0.1, 0.15) is 0 Å². The van der Waals surface area contributed by atoms with Gasteiger partial charge in [0.25, 0.3) is 0 Å². The van der Waals surface area contributed by atoms with Gasteiger partial charge in [0.1, 0.15) is 5.58 Å². The second-order valence-electron chi connectivity index (χ2n) is 11.1. The molecule has 0 amide bonds. The normalized spacial score (nSPS) is 11.6. The maximum Gasteiger partial charge on any atom is 0.227 e. The molecule has 3 aromatic heterocycles. The van der Waals surface area contributed by atoms with E-state index in [1.807, 2.05) is 66.7 Å². The third-order valence-electron chi connectivity index (χ3n) is 8.30. The maximum absolute atomic E-state index is 6.28. The molecule has 5 nitrogen and oxygen atoms in total. The zero-order chi connectivity index (χ0) is 29.7. The van der Waals surface area contributed by atoms with Crippen molar-refractivity contribution in [3.63, 3.8) is 0 Å². The van der Waals surface area contributed by atoms with Gasteiger partial charge in [0, 0.05) is 32.8 Å². The van der Waals surface area contributed by atoms with Crippen molar-refractivity contribution in [2.24, 2.45) is 0 Å². The first-order valence-corrected chi connectivity index (χ1v) is 14.9. The van der Waals surface area contributed by atoms with E-state index in [1.165, 1.54) is 5.39 Å². The molecule has 0 bridgehead atoms. The molecule has 0 spiro atoms. The molecule has 45 heavy (non-hydrogen) atoms. The monoisotopic (exact) mass is 576 g/mol. The predicted molar refractivity (Wildman–Crippen MR) is 182 cm³/mol. The molecule has 0 aliphatic heterocycles. The van der Waals surface area contributed by atoms with Crippen molar-refractivity contribution < 1.29 is 4.42 Å². The number of furan rings is 1. The molecule has 9 aromatic rings. The lowest BCUT2D eigenvalue weighted by atomic mass is 9.95. The SMILES string of the molecule is c1ccc(-c2nc(-c3cc(-c4ccccc4)c4ccccc4c3)nc(-c3cccc4oc5nc6ccccc6cc5c34)n2)cc1. The second-order valence-corrected chi connectivity index (χ2v) is 11.1. The Morgan fingerprint density at radius 3 is 1.89 bits per heavy atom. The van der Waals surface area contributed by atoms with Crippen LogP contribution in [0.25, 0.3) is 89.0 Å². The van der Waals surface area contributed by atoms with Crippen molar-refractivity contribution >= 4 is 43.7 Å². The summed E-state index contributed by atoms with van der Waals surface area (Å²) in [6.45, 7) is 0. The summed E-state index contributed by atoms with van der Waals surface area (Å²) in [6.07, 6.45) is 0. The molecule has 210 valence electrons. The summed E-state index contributed by atoms with van der Waals surface area (Å²) in [4.78, 5) is 20.1. The molecule has 9 rings (SSSR count). The maximum atomic E-state index is 6.28. The fraction of sp³-hybridized carbons (Fsp3) is 0. The molecule has 5 heteroatoms. The number of benzene rings is 6. The molecular weight excluding hydrogens is 552 g/mol. The van der Waals surface area contributed by atoms with E-state index in [-0.39, 0.29) is 0 Å². The Bertz CT molecular complexity index is 2540. The number of pyridine rings is 1.